The maximum absolute atomic E-state index is 11.6. The second-order valence-corrected chi connectivity index (χ2v) is 5.21. The molecule has 0 fully saturated rings. The van der Waals surface area contributed by atoms with Crippen LogP contribution in [0.1, 0.15) is 34.1 Å². The van der Waals surface area contributed by atoms with Gasteiger partial charge in [-0.05, 0) is 11.8 Å². The Balaban J connectivity index is 3.97. The van der Waals surface area contributed by atoms with E-state index in [1.165, 1.54) is 0 Å². The molecule has 0 saturated carbocycles. The topological polar surface area (TPSA) is 46.3 Å². The third-order valence-electron chi connectivity index (χ3n) is 2.35. The highest BCUT2D eigenvalue weighted by molar-refractivity contribution is 5.78. The summed E-state index contributed by atoms with van der Waals surface area (Å²) < 4.78 is 0. The van der Waals surface area contributed by atoms with Gasteiger partial charge in [0.1, 0.15) is 0 Å². The Morgan fingerprint density at radius 2 is 1.93 bits per heavy atom. The summed E-state index contributed by atoms with van der Waals surface area (Å²) in [4.78, 5) is 13.4. The van der Waals surface area contributed by atoms with E-state index in [1.807, 2.05) is 14.0 Å². The molecule has 2 N–H and O–H groups in total. The van der Waals surface area contributed by atoms with Gasteiger partial charge in [-0.3, -0.25) is 4.79 Å². The molecule has 0 heterocycles. The Hall–Kier alpha value is -0.570. The van der Waals surface area contributed by atoms with Crippen molar-refractivity contribution in [2.24, 2.45) is 17.1 Å². The molecule has 1 unspecified atom stereocenters. The van der Waals surface area contributed by atoms with Crippen molar-refractivity contribution in [3.05, 3.63) is 0 Å². The van der Waals surface area contributed by atoms with E-state index in [2.05, 4.69) is 20.8 Å². The summed E-state index contributed by atoms with van der Waals surface area (Å²) in [6.07, 6.45) is 1.02. The number of carbonyl (C=O) groups is 1. The van der Waals surface area contributed by atoms with Gasteiger partial charge in [0.15, 0.2) is 0 Å². The molecule has 0 aromatic rings. The van der Waals surface area contributed by atoms with Crippen molar-refractivity contribution >= 4 is 5.91 Å². The van der Waals surface area contributed by atoms with E-state index in [1.54, 1.807) is 4.90 Å². The summed E-state index contributed by atoms with van der Waals surface area (Å²) in [5.41, 5.74) is 5.72. The summed E-state index contributed by atoms with van der Waals surface area (Å²) in [6, 6.07) is 0. The minimum Gasteiger partial charge on any atom is -0.345 e. The lowest BCUT2D eigenvalue weighted by molar-refractivity contribution is -0.133. The first-order valence-electron chi connectivity index (χ1n) is 5.23. The smallest absolute Gasteiger partial charge is 0.226 e. The largest absolute Gasteiger partial charge is 0.345 e. The molecular formula is C11H24N2O. The minimum absolute atomic E-state index is 0.0556. The summed E-state index contributed by atoms with van der Waals surface area (Å²) in [5.74, 6) is 0.0942. The van der Waals surface area contributed by atoms with Gasteiger partial charge in [0, 0.05) is 26.1 Å². The quantitative estimate of drug-likeness (QED) is 0.747. The van der Waals surface area contributed by atoms with Crippen molar-refractivity contribution in [1.29, 1.82) is 0 Å². The SMILES string of the molecule is CC(CN)C(=O)N(C)CCC(C)(C)C. The van der Waals surface area contributed by atoms with Crippen LogP contribution >= 0.6 is 0 Å². The van der Waals surface area contributed by atoms with Crippen molar-refractivity contribution in [3.8, 4) is 0 Å². The van der Waals surface area contributed by atoms with Crippen molar-refractivity contribution in [2.75, 3.05) is 20.1 Å². The van der Waals surface area contributed by atoms with E-state index < -0.39 is 0 Å². The second kappa shape index (κ2) is 5.35. The Morgan fingerprint density at radius 3 is 2.29 bits per heavy atom. The number of hydrogen-bond donors (Lipinski definition) is 1. The molecule has 1 atom stereocenters. The standard InChI is InChI=1S/C11H24N2O/c1-9(8-12)10(14)13(5)7-6-11(2,3)4/h9H,6-8,12H2,1-5H3. The van der Waals surface area contributed by atoms with Crippen molar-refractivity contribution < 1.29 is 4.79 Å². The lowest BCUT2D eigenvalue weighted by Gasteiger charge is -2.25. The number of rotatable bonds is 4. The van der Waals surface area contributed by atoms with Crippen LogP contribution in [0.15, 0.2) is 0 Å². The van der Waals surface area contributed by atoms with E-state index >= 15 is 0 Å². The fourth-order valence-electron chi connectivity index (χ4n) is 1.09. The van der Waals surface area contributed by atoms with Gasteiger partial charge in [0.25, 0.3) is 0 Å². The van der Waals surface area contributed by atoms with Gasteiger partial charge < -0.3 is 10.6 Å². The molecular weight excluding hydrogens is 176 g/mol. The van der Waals surface area contributed by atoms with Crippen LogP contribution in [0.2, 0.25) is 0 Å². The highest BCUT2D eigenvalue weighted by atomic mass is 16.2. The van der Waals surface area contributed by atoms with Gasteiger partial charge in [-0.25, -0.2) is 0 Å². The molecule has 84 valence electrons. The third kappa shape index (κ3) is 5.22. The first-order valence-corrected chi connectivity index (χ1v) is 5.23. The summed E-state index contributed by atoms with van der Waals surface area (Å²) in [6.45, 7) is 9.65. The van der Waals surface area contributed by atoms with Gasteiger partial charge in [-0.1, -0.05) is 27.7 Å². The number of amides is 1. The molecule has 0 spiro atoms. The number of carbonyl (C=O) groups excluding carboxylic acids is 1. The molecule has 3 nitrogen and oxygen atoms in total. The highest BCUT2D eigenvalue weighted by Crippen LogP contribution is 2.18. The zero-order valence-electron chi connectivity index (χ0n) is 10.1. The molecule has 0 aliphatic rings. The average molecular weight is 200 g/mol. The number of nitrogens with two attached hydrogens (primary N) is 1. The number of hydrogen-bond acceptors (Lipinski definition) is 2. The van der Waals surface area contributed by atoms with E-state index in [0.29, 0.717) is 6.54 Å². The lowest BCUT2D eigenvalue weighted by atomic mass is 9.92. The normalized spacial score (nSPS) is 13.9. The molecule has 0 aromatic carbocycles. The lowest BCUT2D eigenvalue weighted by Crippen LogP contribution is -2.36. The van der Waals surface area contributed by atoms with Crippen LogP contribution < -0.4 is 5.73 Å². The van der Waals surface area contributed by atoms with Crippen LogP contribution in [0.5, 0.6) is 0 Å². The first-order chi connectivity index (χ1) is 6.28. The van der Waals surface area contributed by atoms with Crippen molar-refractivity contribution in [1.82, 2.24) is 4.90 Å². The van der Waals surface area contributed by atoms with Crippen LogP contribution in [0.3, 0.4) is 0 Å². The summed E-state index contributed by atoms with van der Waals surface area (Å²) in [5, 5.41) is 0. The molecule has 0 saturated heterocycles. The second-order valence-electron chi connectivity index (χ2n) is 5.21. The van der Waals surface area contributed by atoms with Crippen LogP contribution in [0.4, 0.5) is 0 Å². The van der Waals surface area contributed by atoms with E-state index in [4.69, 9.17) is 5.73 Å². The van der Waals surface area contributed by atoms with Crippen molar-refractivity contribution in [3.63, 3.8) is 0 Å². The predicted molar refractivity (Wildman–Crippen MR) is 59.9 cm³/mol. The van der Waals surface area contributed by atoms with Crippen LogP contribution in [0.25, 0.3) is 0 Å². The van der Waals surface area contributed by atoms with Gasteiger partial charge in [0.2, 0.25) is 5.91 Å². The highest BCUT2D eigenvalue weighted by Gasteiger charge is 2.18. The fourth-order valence-corrected chi connectivity index (χ4v) is 1.09. The molecule has 1 amide bonds. The maximum Gasteiger partial charge on any atom is 0.226 e. The van der Waals surface area contributed by atoms with E-state index in [0.717, 1.165) is 13.0 Å². The molecule has 0 aliphatic carbocycles. The Bertz CT molecular complexity index is 184. The molecule has 0 rings (SSSR count). The zero-order chi connectivity index (χ0) is 11.4. The van der Waals surface area contributed by atoms with Gasteiger partial charge in [-0.15, -0.1) is 0 Å². The third-order valence-corrected chi connectivity index (χ3v) is 2.35. The van der Waals surface area contributed by atoms with Crippen molar-refractivity contribution in [2.45, 2.75) is 34.1 Å². The maximum atomic E-state index is 11.6. The predicted octanol–water partition coefficient (Wildman–Crippen LogP) is 1.48. The summed E-state index contributed by atoms with van der Waals surface area (Å²) in [7, 11) is 1.85. The first kappa shape index (κ1) is 13.4. The van der Waals surface area contributed by atoms with Crippen LogP contribution in [0, 0.1) is 11.3 Å². The molecule has 0 radical (unpaired) electrons. The van der Waals surface area contributed by atoms with Gasteiger partial charge >= 0.3 is 0 Å². The molecule has 0 aromatic heterocycles. The average Bonchev–Trinajstić information content (AvgIpc) is 2.10. The monoisotopic (exact) mass is 200 g/mol. The summed E-state index contributed by atoms with van der Waals surface area (Å²) >= 11 is 0. The van der Waals surface area contributed by atoms with E-state index in [9.17, 15) is 4.79 Å². The zero-order valence-corrected chi connectivity index (χ0v) is 10.1. The minimum atomic E-state index is -0.0556. The Morgan fingerprint density at radius 1 is 1.43 bits per heavy atom. The molecule has 3 heteroatoms. The van der Waals surface area contributed by atoms with Crippen LogP contribution in [-0.4, -0.2) is 30.9 Å². The molecule has 0 aliphatic heterocycles. The number of nitrogens with zero attached hydrogens (tertiary/aromatic N) is 1. The van der Waals surface area contributed by atoms with Crippen LogP contribution in [-0.2, 0) is 4.79 Å². The Kier molecular flexibility index (Phi) is 5.13. The van der Waals surface area contributed by atoms with Gasteiger partial charge in [-0.2, -0.15) is 0 Å². The Labute approximate surface area is 87.6 Å². The molecule has 0 bridgehead atoms. The van der Waals surface area contributed by atoms with E-state index in [-0.39, 0.29) is 17.2 Å². The fraction of sp³-hybridized carbons (Fsp3) is 0.909. The van der Waals surface area contributed by atoms with Gasteiger partial charge in [0.05, 0.1) is 0 Å². The molecule has 14 heavy (non-hydrogen) atoms.